The molecule has 2 aromatic carbocycles. The molecule has 1 saturated heterocycles. The Kier molecular flexibility index (Phi) is 6.39. The molecule has 0 saturated carbocycles. The van der Waals surface area contributed by atoms with Crippen LogP contribution in [0.15, 0.2) is 80.4 Å². The highest BCUT2D eigenvalue weighted by atomic mass is 35.5. The van der Waals surface area contributed by atoms with Gasteiger partial charge in [-0.2, -0.15) is 4.98 Å². The van der Waals surface area contributed by atoms with Crippen molar-refractivity contribution in [1.29, 1.82) is 0 Å². The van der Waals surface area contributed by atoms with Crippen LogP contribution < -0.4 is 4.90 Å². The fourth-order valence-electron chi connectivity index (χ4n) is 4.00. The second kappa shape index (κ2) is 9.49. The zero-order valence-electron chi connectivity index (χ0n) is 18.8. The fourth-order valence-corrected chi connectivity index (χ4v) is 6.10. The molecule has 5 rings (SSSR count). The number of nitrogens with zero attached hydrogens (tertiary/aromatic N) is 3. The molecule has 1 amide bonds. The van der Waals surface area contributed by atoms with Crippen LogP contribution in [0.3, 0.4) is 0 Å². The number of carbonyl (C=O) groups is 1. The van der Waals surface area contributed by atoms with Crippen molar-refractivity contribution in [2.45, 2.75) is 16.8 Å². The third-order valence-corrected chi connectivity index (χ3v) is 8.70. The van der Waals surface area contributed by atoms with Crippen LogP contribution in [0.25, 0.3) is 10.8 Å². The molecule has 2 aromatic heterocycles. The van der Waals surface area contributed by atoms with Crippen molar-refractivity contribution in [2.24, 2.45) is 0 Å². The van der Waals surface area contributed by atoms with E-state index in [2.05, 4.69) is 4.98 Å². The topological polar surface area (TPSA) is 83.7 Å². The summed E-state index contributed by atoms with van der Waals surface area (Å²) in [7, 11) is -3.97. The molecule has 0 unspecified atom stereocenters. The van der Waals surface area contributed by atoms with Gasteiger partial charge in [-0.05, 0) is 54.3 Å². The Morgan fingerprint density at radius 2 is 1.71 bits per heavy atom. The van der Waals surface area contributed by atoms with Crippen molar-refractivity contribution < 1.29 is 17.6 Å². The van der Waals surface area contributed by atoms with Crippen molar-refractivity contribution in [3.05, 3.63) is 82.2 Å². The molecule has 0 spiro atoms. The first-order chi connectivity index (χ1) is 16.8. The third-order valence-electron chi connectivity index (χ3n) is 5.92. The van der Waals surface area contributed by atoms with Gasteiger partial charge in [0.25, 0.3) is 5.91 Å². The van der Waals surface area contributed by atoms with E-state index in [4.69, 9.17) is 16.0 Å². The molecule has 1 aliphatic rings. The number of anilines is 1. The first kappa shape index (κ1) is 23.6. The number of sulfone groups is 1. The van der Waals surface area contributed by atoms with E-state index in [0.717, 1.165) is 10.4 Å². The summed E-state index contributed by atoms with van der Waals surface area (Å²) in [6, 6.07) is 17.2. The second-order valence-electron chi connectivity index (χ2n) is 8.16. The van der Waals surface area contributed by atoms with Gasteiger partial charge in [0.15, 0.2) is 0 Å². The lowest BCUT2D eigenvalue weighted by atomic mass is 10.1. The van der Waals surface area contributed by atoms with Gasteiger partial charge in [-0.3, -0.25) is 4.79 Å². The Labute approximate surface area is 212 Å². The van der Waals surface area contributed by atoms with Gasteiger partial charge in [-0.25, -0.2) is 8.42 Å². The zero-order chi connectivity index (χ0) is 24.6. The molecule has 0 N–H and O–H groups in total. The van der Waals surface area contributed by atoms with Gasteiger partial charge in [0.1, 0.15) is 0 Å². The molecule has 0 aliphatic carbocycles. The third kappa shape index (κ3) is 4.59. The van der Waals surface area contributed by atoms with E-state index in [1.807, 2.05) is 53.6 Å². The number of benzene rings is 2. The smallest absolute Gasteiger partial charge is 0.254 e. The van der Waals surface area contributed by atoms with Crippen molar-refractivity contribution in [1.82, 2.24) is 9.88 Å². The lowest BCUT2D eigenvalue weighted by Crippen LogP contribution is -2.49. The average Bonchev–Trinajstić information content (AvgIpc) is 3.55. The van der Waals surface area contributed by atoms with Gasteiger partial charge in [0, 0.05) is 36.8 Å². The summed E-state index contributed by atoms with van der Waals surface area (Å²) in [5.74, 6) is 0.404. The highest BCUT2D eigenvalue weighted by Gasteiger charge is 2.34. The van der Waals surface area contributed by atoms with Crippen LogP contribution in [0.2, 0.25) is 5.02 Å². The van der Waals surface area contributed by atoms with Crippen molar-refractivity contribution in [3.63, 3.8) is 0 Å². The van der Waals surface area contributed by atoms with Crippen LogP contribution in [0.1, 0.15) is 15.9 Å². The summed E-state index contributed by atoms with van der Waals surface area (Å²) >= 11 is 7.37. The van der Waals surface area contributed by atoms with E-state index in [1.165, 1.54) is 35.6 Å². The normalized spacial score (nSPS) is 14.3. The molecule has 3 heterocycles. The minimum Gasteiger partial charge on any atom is -0.418 e. The number of hydrogen-bond acceptors (Lipinski definition) is 7. The van der Waals surface area contributed by atoms with E-state index >= 15 is 0 Å². The lowest BCUT2D eigenvalue weighted by Gasteiger charge is -2.35. The molecule has 0 radical (unpaired) electrons. The minimum absolute atomic E-state index is 0.0337. The highest BCUT2D eigenvalue weighted by Crippen LogP contribution is 2.36. The van der Waals surface area contributed by atoms with Crippen LogP contribution in [-0.2, 0) is 9.84 Å². The predicted octanol–water partition coefficient (Wildman–Crippen LogP) is 5.16. The van der Waals surface area contributed by atoms with E-state index in [1.54, 1.807) is 4.90 Å². The number of hydrogen-bond donors (Lipinski definition) is 0. The van der Waals surface area contributed by atoms with Gasteiger partial charge in [-0.15, -0.1) is 11.3 Å². The van der Waals surface area contributed by atoms with Crippen LogP contribution in [0.4, 0.5) is 5.88 Å². The number of halogens is 1. The van der Waals surface area contributed by atoms with Gasteiger partial charge in [0.2, 0.25) is 26.6 Å². The predicted molar refractivity (Wildman–Crippen MR) is 136 cm³/mol. The van der Waals surface area contributed by atoms with Gasteiger partial charge >= 0.3 is 0 Å². The first-order valence-electron chi connectivity index (χ1n) is 11.0. The summed E-state index contributed by atoms with van der Waals surface area (Å²) in [4.78, 5) is 21.9. The minimum atomic E-state index is -3.97. The number of oxazole rings is 1. The molecular formula is C25H22ClN3O4S2. The lowest BCUT2D eigenvalue weighted by molar-refractivity contribution is 0.0744. The molecule has 180 valence electrons. The van der Waals surface area contributed by atoms with E-state index in [-0.39, 0.29) is 27.6 Å². The van der Waals surface area contributed by atoms with Crippen LogP contribution >= 0.6 is 22.9 Å². The summed E-state index contributed by atoms with van der Waals surface area (Å²) in [5.41, 5.74) is 1.60. The number of amides is 1. The molecule has 35 heavy (non-hydrogen) atoms. The van der Waals surface area contributed by atoms with Gasteiger partial charge in [-0.1, -0.05) is 35.9 Å². The maximum Gasteiger partial charge on any atom is 0.254 e. The Hall–Kier alpha value is -3.14. The van der Waals surface area contributed by atoms with Gasteiger partial charge in [0.05, 0.1) is 9.77 Å². The summed E-state index contributed by atoms with van der Waals surface area (Å²) in [6.07, 6.45) is 0. The number of aromatic nitrogens is 1. The quantitative estimate of drug-likeness (QED) is 0.356. The summed E-state index contributed by atoms with van der Waals surface area (Å²) in [6.45, 7) is 3.61. The molecule has 0 bridgehead atoms. The average molecular weight is 528 g/mol. The Bertz CT molecular complexity index is 1460. The first-order valence-corrected chi connectivity index (χ1v) is 13.7. The molecule has 4 aromatic rings. The monoisotopic (exact) mass is 527 g/mol. The van der Waals surface area contributed by atoms with E-state index < -0.39 is 9.84 Å². The largest absolute Gasteiger partial charge is 0.418 e. The molecule has 1 fully saturated rings. The maximum atomic E-state index is 13.5. The maximum absolute atomic E-state index is 13.5. The summed E-state index contributed by atoms with van der Waals surface area (Å²) < 4.78 is 33.1. The standard InChI is InChI=1S/C25H22ClN3O4S2/c1-17-5-2-3-6-20(17)24(30)28-12-14-29(15-13-28)25-23(27-22(33-25)21-7-4-16-34-21)35(31,32)19-10-8-18(26)9-11-19/h2-11,16H,12-15H2,1H3. The van der Waals surface area contributed by atoms with Gasteiger partial charge < -0.3 is 14.2 Å². The van der Waals surface area contributed by atoms with E-state index in [0.29, 0.717) is 36.8 Å². The van der Waals surface area contributed by atoms with Crippen molar-refractivity contribution in [2.75, 3.05) is 31.1 Å². The second-order valence-corrected chi connectivity index (χ2v) is 11.4. The van der Waals surface area contributed by atoms with Crippen LogP contribution in [0, 0.1) is 6.92 Å². The van der Waals surface area contributed by atoms with Crippen molar-refractivity contribution >= 4 is 44.6 Å². The molecule has 10 heteroatoms. The number of piperazine rings is 1. The number of carbonyl (C=O) groups excluding carboxylic acids is 1. The number of aryl methyl sites for hydroxylation is 1. The number of rotatable bonds is 5. The van der Waals surface area contributed by atoms with E-state index in [9.17, 15) is 13.2 Å². The Morgan fingerprint density at radius 1 is 1.00 bits per heavy atom. The molecule has 0 atom stereocenters. The molecule has 1 aliphatic heterocycles. The fraction of sp³-hybridized carbons (Fsp3) is 0.200. The van der Waals surface area contributed by atoms with Crippen LogP contribution in [-0.4, -0.2) is 50.4 Å². The summed E-state index contributed by atoms with van der Waals surface area (Å²) in [5, 5.41) is 2.18. The molecular weight excluding hydrogens is 506 g/mol. The highest BCUT2D eigenvalue weighted by molar-refractivity contribution is 7.91. The van der Waals surface area contributed by atoms with Crippen LogP contribution in [0.5, 0.6) is 0 Å². The Balaban J connectivity index is 1.45. The van der Waals surface area contributed by atoms with Crippen molar-refractivity contribution in [3.8, 4) is 10.8 Å². The Morgan fingerprint density at radius 3 is 2.37 bits per heavy atom. The number of thiophene rings is 1. The molecule has 7 nitrogen and oxygen atoms in total. The SMILES string of the molecule is Cc1ccccc1C(=O)N1CCN(c2oc(-c3cccs3)nc2S(=O)(=O)c2ccc(Cl)cc2)CC1. The zero-order valence-corrected chi connectivity index (χ0v) is 21.2.